The molecule has 21 heavy (non-hydrogen) atoms. The first-order chi connectivity index (χ1) is 10.1. The summed E-state index contributed by atoms with van der Waals surface area (Å²) in [5.74, 6) is 0.453. The molecule has 0 spiro atoms. The predicted molar refractivity (Wildman–Crippen MR) is 79.2 cm³/mol. The van der Waals surface area contributed by atoms with Gasteiger partial charge in [0.1, 0.15) is 12.1 Å². The summed E-state index contributed by atoms with van der Waals surface area (Å²) < 4.78 is 10.0. The van der Waals surface area contributed by atoms with Gasteiger partial charge in [0.05, 0.1) is 13.2 Å². The van der Waals surface area contributed by atoms with Gasteiger partial charge in [0.25, 0.3) is 0 Å². The molecule has 1 rings (SSSR count). The molecule has 1 aliphatic rings. The molecule has 0 heterocycles. The second kappa shape index (κ2) is 8.84. The number of ether oxygens (including phenoxy) is 2. The average Bonchev–Trinajstić information content (AvgIpc) is 2.51. The highest BCUT2D eigenvalue weighted by Crippen LogP contribution is 2.34. The molecule has 1 amide bonds. The number of carbonyl (C=O) groups is 1. The first-order valence-electron chi connectivity index (χ1n) is 7.43. The second-order valence-electron chi connectivity index (χ2n) is 5.51. The largest absolute Gasteiger partial charge is 0.409 e. The van der Waals surface area contributed by atoms with Crippen LogP contribution < -0.4 is 11.1 Å². The Morgan fingerprint density at radius 3 is 2.62 bits per heavy atom. The molecule has 0 aliphatic heterocycles. The molecular weight excluding hydrogens is 274 g/mol. The highest BCUT2D eigenvalue weighted by molar-refractivity contribution is 5.94. The van der Waals surface area contributed by atoms with Gasteiger partial charge in [0.2, 0.25) is 5.91 Å². The summed E-state index contributed by atoms with van der Waals surface area (Å²) in [5.41, 5.74) is 5.07. The highest BCUT2D eigenvalue weighted by atomic mass is 16.5. The van der Waals surface area contributed by atoms with E-state index in [0.717, 1.165) is 19.3 Å². The van der Waals surface area contributed by atoms with Gasteiger partial charge in [-0.3, -0.25) is 4.79 Å². The van der Waals surface area contributed by atoms with Crippen LogP contribution >= 0.6 is 0 Å². The molecule has 1 fully saturated rings. The first kappa shape index (κ1) is 17.7. The molecule has 1 aliphatic carbocycles. The number of methoxy groups -OCH3 is 1. The topological polar surface area (TPSA) is 106 Å². The van der Waals surface area contributed by atoms with Crippen LogP contribution in [0.25, 0.3) is 0 Å². The lowest BCUT2D eigenvalue weighted by Crippen LogP contribution is -2.59. The number of rotatable bonds is 8. The summed E-state index contributed by atoms with van der Waals surface area (Å²) in [6.45, 7) is 2.90. The standard InChI is InChI=1S/C14H27N3O4/c1-3-11-4-6-14(7-5-11,13(15)17-19)16-12(18)10-21-9-8-20-2/h11,19H,3-10H2,1-2H3,(H2,15,17)(H,16,18). The molecule has 0 bridgehead atoms. The van der Waals surface area contributed by atoms with Crippen molar-refractivity contribution in [2.75, 3.05) is 26.9 Å². The monoisotopic (exact) mass is 301 g/mol. The molecule has 122 valence electrons. The van der Waals surface area contributed by atoms with Gasteiger partial charge in [0.15, 0.2) is 5.84 Å². The van der Waals surface area contributed by atoms with E-state index in [1.54, 1.807) is 7.11 Å². The van der Waals surface area contributed by atoms with Crippen LogP contribution in [-0.4, -0.2) is 49.4 Å². The Morgan fingerprint density at radius 2 is 2.10 bits per heavy atom. The van der Waals surface area contributed by atoms with Crippen molar-refractivity contribution >= 4 is 11.7 Å². The van der Waals surface area contributed by atoms with Crippen molar-refractivity contribution in [3.63, 3.8) is 0 Å². The van der Waals surface area contributed by atoms with Crippen LogP contribution in [0.1, 0.15) is 39.0 Å². The number of amidine groups is 1. The third-order valence-electron chi connectivity index (χ3n) is 4.18. The molecule has 0 aromatic heterocycles. The SMILES string of the molecule is CCC1CCC(NC(=O)COCCOC)(C(N)=NO)CC1. The van der Waals surface area contributed by atoms with Crippen molar-refractivity contribution in [3.05, 3.63) is 0 Å². The zero-order chi connectivity index (χ0) is 15.7. The van der Waals surface area contributed by atoms with E-state index < -0.39 is 5.54 Å². The molecule has 0 aromatic rings. The Bertz CT molecular complexity index is 352. The number of oxime groups is 1. The fourth-order valence-corrected chi connectivity index (χ4v) is 2.73. The fourth-order valence-electron chi connectivity index (χ4n) is 2.73. The summed E-state index contributed by atoms with van der Waals surface area (Å²) in [4.78, 5) is 12.0. The van der Waals surface area contributed by atoms with Crippen molar-refractivity contribution in [1.29, 1.82) is 0 Å². The minimum Gasteiger partial charge on any atom is -0.409 e. The number of hydrogen-bond acceptors (Lipinski definition) is 5. The molecule has 1 saturated carbocycles. The molecule has 7 nitrogen and oxygen atoms in total. The minimum atomic E-state index is -0.748. The van der Waals surface area contributed by atoms with Gasteiger partial charge in [-0.15, -0.1) is 0 Å². The summed E-state index contributed by atoms with van der Waals surface area (Å²) >= 11 is 0. The zero-order valence-corrected chi connectivity index (χ0v) is 12.9. The summed E-state index contributed by atoms with van der Waals surface area (Å²) in [6, 6.07) is 0. The Balaban J connectivity index is 2.57. The molecule has 0 atom stereocenters. The van der Waals surface area contributed by atoms with Gasteiger partial charge >= 0.3 is 0 Å². The predicted octanol–water partition coefficient (Wildman–Crippen LogP) is 0.851. The number of nitrogens with one attached hydrogen (secondary N) is 1. The first-order valence-corrected chi connectivity index (χ1v) is 7.43. The van der Waals surface area contributed by atoms with Crippen LogP contribution in [0.4, 0.5) is 0 Å². The van der Waals surface area contributed by atoms with Gasteiger partial charge in [-0.1, -0.05) is 18.5 Å². The van der Waals surface area contributed by atoms with Crippen LogP contribution in [0.2, 0.25) is 0 Å². The Kier molecular flexibility index (Phi) is 7.45. The lowest BCUT2D eigenvalue weighted by atomic mass is 9.75. The third kappa shape index (κ3) is 5.17. The number of carbonyl (C=O) groups excluding carboxylic acids is 1. The van der Waals surface area contributed by atoms with E-state index in [4.69, 9.17) is 20.4 Å². The van der Waals surface area contributed by atoms with Crippen molar-refractivity contribution in [3.8, 4) is 0 Å². The number of nitrogens with zero attached hydrogens (tertiary/aromatic N) is 1. The van der Waals surface area contributed by atoms with Gasteiger partial charge in [-0.25, -0.2) is 0 Å². The highest BCUT2D eigenvalue weighted by Gasteiger charge is 2.40. The van der Waals surface area contributed by atoms with Crippen molar-refractivity contribution in [2.45, 2.75) is 44.6 Å². The van der Waals surface area contributed by atoms with Crippen molar-refractivity contribution in [2.24, 2.45) is 16.8 Å². The summed E-state index contributed by atoms with van der Waals surface area (Å²) in [5, 5.41) is 15.0. The van der Waals surface area contributed by atoms with E-state index in [1.165, 1.54) is 0 Å². The van der Waals surface area contributed by atoms with Crippen LogP contribution in [0.3, 0.4) is 0 Å². The van der Waals surface area contributed by atoms with Crippen LogP contribution in [0.5, 0.6) is 0 Å². The molecule has 0 radical (unpaired) electrons. The van der Waals surface area contributed by atoms with E-state index in [2.05, 4.69) is 17.4 Å². The van der Waals surface area contributed by atoms with Crippen LogP contribution in [0, 0.1) is 5.92 Å². The van der Waals surface area contributed by atoms with E-state index >= 15 is 0 Å². The maximum atomic E-state index is 12.0. The smallest absolute Gasteiger partial charge is 0.246 e. The molecule has 7 heteroatoms. The zero-order valence-electron chi connectivity index (χ0n) is 12.9. The van der Waals surface area contributed by atoms with Gasteiger partial charge in [-0.2, -0.15) is 0 Å². The van der Waals surface area contributed by atoms with E-state index in [0.29, 0.717) is 32.0 Å². The normalized spacial score (nSPS) is 26.6. The quantitative estimate of drug-likeness (QED) is 0.203. The lowest BCUT2D eigenvalue weighted by molar-refractivity contribution is -0.127. The van der Waals surface area contributed by atoms with Crippen LogP contribution in [0.15, 0.2) is 5.16 Å². The fraction of sp³-hybridized carbons (Fsp3) is 0.857. The van der Waals surface area contributed by atoms with Crippen molar-refractivity contribution in [1.82, 2.24) is 5.32 Å². The lowest BCUT2D eigenvalue weighted by Gasteiger charge is -2.39. The van der Waals surface area contributed by atoms with E-state index in [-0.39, 0.29) is 18.3 Å². The summed E-state index contributed by atoms with van der Waals surface area (Å²) in [6.07, 6.45) is 4.39. The number of nitrogens with two attached hydrogens (primary N) is 1. The van der Waals surface area contributed by atoms with Gasteiger partial charge < -0.3 is 25.7 Å². The Labute approximate surface area is 125 Å². The van der Waals surface area contributed by atoms with Crippen LogP contribution in [-0.2, 0) is 14.3 Å². The average molecular weight is 301 g/mol. The minimum absolute atomic E-state index is 0.0545. The number of hydrogen-bond donors (Lipinski definition) is 3. The maximum Gasteiger partial charge on any atom is 0.246 e. The molecule has 0 aromatic carbocycles. The third-order valence-corrected chi connectivity index (χ3v) is 4.18. The second-order valence-corrected chi connectivity index (χ2v) is 5.51. The Hall–Kier alpha value is -1.34. The van der Waals surface area contributed by atoms with E-state index in [1.807, 2.05) is 0 Å². The van der Waals surface area contributed by atoms with Gasteiger partial charge in [-0.05, 0) is 31.6 Å². The van der Waals surface area contributed by atoms with Crippen molar-refractivity contribution < 1.29 is 19.5 Å². The van der Waals surface area contributed by atoms with E-state index in [9.17, 15) is 4.79 Å². The summed E-state index contributed by atoms with van der Waals surface area (Å²) in [7, 11) is 1.57. The Morgan fingerprint density at radius 1 is 1.43 bits per heavy atom. The molecule has 0 saturated heterocycles. The molecular formula is C14H27N3O4. The maximum absolute atomic E-state index is 12.0. The molecule has 0 unspecified atom stereocenters. The number of amides is 1. The molecule has 4 N–H and O–H groups in total. The van der Waals surface area contributed by atoms with Gasteiger partial charge in [0, 0.05) is 7.11 Å².